The molecule has 0 radical (unpaired) electrons. The third-order valence-corrected chi connectivity index (χ3v) is 3.81. The largest absolute Gasteiger partial charge is 0.341 e. The highest BCUT2D eigenvalue weighted by Gasteiger charge is 2.20. The summed E-state index contributed by atoms with van der Waals surface area (Å²) in [5, 5.41) is 3.12. The van der Waals surface area contributed by atoms with E-state index in [1.54, 1.807) is 12.1 Å². The molecule has 20 heavy (non-hydrogen) atoms. The van der Waals surface area contributed by atoms with Gasteiger partial charge >= 0.3 is 0 Å². The Morgan fingerprint density at radius 2 is 2.25 bits per heavy atom. The predicted octanol–water partition coefficient (Wildman–Crippen LogP) is 2.22. The fourth-order valence-electron chi connectivity index (χ4n) is 2.65. The van der Waals surface area contributed by atoms with Gasteiger partial charge in [0.25, 0.3) is 0 Å². The van der Waals surface area contributed by atoms with E-state index in [2.05, 4.69) is 12.2 Å². The van der Waals surface area contributed by atoms with Crippen LogP contribution in [0.2, 0.25) is 0 Å². The van der Waals surface area contributed by atoms with E-state index in [1.807, 2.05) is 11.0 Å². The van der Waals surface area contributed by atoms with Crippen molar-refractivity contribution in [1.82, 2.24) is 10.2 Å². The molecule has 0 bridgehead atoms. The highest BCUT2D eigenvalue weighted by Crippen LogP contribution is 2.15. The Kier molecular flexibility index (Phi) is 5.53. The molecule has 1 aliphatic heterocycles. The van der Waals surface area contributed by atoms with Gasteiger partial charge in [0.15, 0.2) is 0 Å². The SMILES string of the molecule is CC1CCCN(C(=O)CNCCc2ccccc2F)C1. The van der Waals surface area contributed by atoms with Crippen molar-refractivity contribution in [3.63, 3.8) is 0 Å². The van der Waals surface area contributed by atoms with Gasteiger partial charge in [0.2, 0.25) is 5.91 Å². The summed E-state index contributed by atoms with van der Waals surface area (Å²) >= 11 is 0. The highest BCUT2D eigenvalue weighted by atomic mass is 19.1. The first-order chi connectivity index (χ1) is 9.66. The maximum atomic E-state index is 13.4. The maximum Gasteiger partial charge on any atom is 0.236 e. The lowest BCUT2D eigenvalue weighted by Gasteiger charge is -2.31. The molecule has 1 saturated heterocycles. The normalized spacial score (nSPS) is 19.1. The Morgan fingerprint density at radius 3 is 3.00 bits per heavy atom. The van der Waals surface area contributed by atoms with Crippen LogP contribution in [0.15, 0.2) is 24.3 Å². The Hall–Kier alpha value is -1.42. The lowest BCUT2D eigenvalue weighted by Crippen LogP contribution is -2.43. The number of likely N-dealkylation sites (tertiary alicyclic amines) is 1. The van der Waals surface area contributed by atoms with Crippen LogP contribution in [-0.2, 0) is 11.2 Å². The van der Waals surface area contributed by atoms with E-state index >= 15 is 0 Å². The van der Waals surface area contributed by atoms with Gasteiger partial charge in [-0.2, -0.15) is 0 Å². The Morgan fingerprint density at radius 1 is 1.45 bits per heavy atom. The summed E-state index contributed by atoms with van der Waals surface area (Å²) in [6.07, 6.45) is 2.92. The third-order valence-electron chi connectivity index (χ3n) is 3.81. The number of carbonyl (C=O) groups excluding carboxylic acids is 1. The number of nitrogens with one attached hydrogen (secondary N) is 1. The first kappa shape index (κ1) is 15.0. The molecular formula is C16H23FN2O. The van der Waals surface area contributed by atoms with Crippen molar-refractivity contribution in [2.75, 3.05) is 26.2 Å². The van der Waals surface area contributed by atoms with E-state index < -0.39 is 0 Å². The van der Waals surface area contributed by atoms with E-state index in [0.717, 1.165) is 19.5 Å². The standard InChI is InChI=1S/C16H23FN2O/c1-13-5-4-10-19(12-13)16(20)11-18-9-8-14-6-2-3-7-15(14)17/h2-3,6-7,13,18H,4-5,8-12H2,1H3. The number of hydrogen-bond acceptors (Lipinski definition) is 2. The Balaban J connectivity index is 1.68. The molecule has 2 rings (SSSR count). The quantitative estimate of drug-likeness (QED) is 0.838. The molecule has 0 aromatic heterocycles. The van der Waals surface area contributed by atoms with Crippen LogP contribution >= 0.6 is 0 Å². The van der Waals surface area contributed by atoms with Gasteiger partial charge in [-0.3, -0.25) is 4.79 Å². The molecule has 110 valence electrons. The van der Waals surface area contributed by atoms with Crippen molar-refractivity contribution in [2.24, 2.45) is 5.92 Å². The zero-order valence-electron chi connectivity index (χ0n) is 12.1. The second-order valence-electron chi connectivity index (χ2n) is 5.61. The number of rotatable bonds is 5. The number of nitrogens with zero attached hydrogens (tertiary/aromatic N) is 1. The zero-order chi connectivity index (χ0) is 14.4. The van der Waals surface area contributed by atoms with Gasteiger partial charge in [0.1, 0.15) is 5.82 Å². The summed E-state index contributed by atoms with van der Waals surface area (Å²) in [6, 6.07) is 6.77. The second kappa shape index (κ2) is 7.39. The van der Waals surface area contributed by atoms with Crippen molar-refractivity contribution >= 4 is 5.91 Å². The van der Waals surface area contributed by atoms with Crippen LogP contribution in [0.25, 0.3) is 0 Å². The highest BCUT2D eigenvalue weighted by molar-refractivity contribution is 5.78. The Bertz CT molecular complexity index is 450. The first-order valence-corrected chi connectivity index (χ1v) is 7.38. The van der Waals surface area contributed by atoms with Gasteiger partial charge in [-0.05, 0) is 43.4 Å². The summed E-state index contributed by atoms with van der Waals surface area (Å²) in [6.45, 7) is 4.90. The third kappa shape index (κ3) is 4.30. The Labute approximate surface area is 120 Å². The molecule has 3 nitrogen and oxygen atoms in total. The minimum atomic E-state index is -0.175. The smallest absolute Gasteiger partial charge is 0.236 e. The van der Waals surface area contributed by atoms with Crippen LogP contribution in [-0.4, -0.2) is 37.0 Å². The van der Waals surface area contributed by atoms with Crippen molar-refractivity contribution < 1.29 is 9.18 Å². The molecule has 1 N–H and O–H groups in total. The van der Waals surface area contributed by atoms with Crippen molar-refractivity contribution in [3.05, 3.63) is 35.6 Å². The van der Waals surface area contributed by atoms with Crippen molar-refractivity contribution in [3.8, 4) is 0 Å². The molecule has 0 spiro atoms. The van der Waals surface area contributed by atoms with Crippen molar-refractivity contribution in [2.45, 2.75) is 26.2 Å². The molecule has 1 unspecified atom stereocenters. The molecule has 0 saturated carbocycles. The summed E-state index contributed by atoms with van der Waals surface area (Å²) in [5.41, 5.74) is 0.694. The van der Waals surface area contributed by atoms with Gasteiger partial charge < -0.3 is 10.2 Å². The van der Waals surface area contributed by atoms with Crippen LogP contribution in [0.1, 0.15) is 25.3 Å². The lowest BCUT2D eigenvalue weighted by atomic mass is 10.0. The molecular weight excluding hydrogens is 255 g/mol. The molecule has 1 aromatic carbocycles. The number of halogens is 1. The first-order valence-electron chi connectivity index (χ1n) is 7.38. The predicted molar refractivity (Wildman–Crippen MR) is 78.0 cm³/mol. The molecule has 1 atom stereocenters. The average molecular weight is 278 g/mol. The van der Waals surface area contributed by atoms with Gasteiger partial charge in [0.05, 0.1) is 6.54 Å². The van der Waals surface area contributed by atoms with Crippen LogP contribution in [0.3, 0.4) is 0 Å². The molecule has 1 heterocycles. The molecule has 1 aromatic rings. The molecule has 0 aliphatic carbocycles. The molecule has 1 amide bonds. The van der Waals surface area contributed by atoms with Crippen LogP contribution in [0.4, 0.5) is 4.39 Å². The number of benzene rings is 1. The number of piperidine rings is 1. The topological polar surface area (TPSA) is 32.3 Å². The van der Waals surface area contributed by atoms with E-state index in [9.17, 15) is 9.18 Å². The minimum absolute atomic E-state index is 0.157. The van der Waals surface area contributed by atoms with Crippen molar-refractivity contribution in [1.29, 1.82) is 0 Å². The number of amides is 1. The summed E-state index contributed by atoms with van der Waals surface area (Å²) in [5.74, 6) is 0.585. The van der Waals surface area contributed by atoms with E-state index in [-0.39, 0.29) is 11.7 Å². The zero-order valence-corrected chi connectivity index (χ0v) is 12.1. The average Bonchev–Trinajstić information content (AvgIpc) is 2.45. The minimum Gasteiger partial charge on any atom is -0.341 e. The fourth-order valence-corrected chi connectivity index (χ4v) is 2.65. The molecule has 1 fully saturated rings. The summed E-state index contributed by atoms with van der Waals surface area (Å²) in [4.78, 5) is 13.9. The van der Waals surface area contributed by atoms with E-state index in [1.165, 1.54) is 12.5 Å². The van der Waals surface area contributed by atoms with Gasteiger partial charge in [-0.15, -0.1) is 0 Å². The number of carbonyl (C=O) groups is 1. The number of hydrogen-bond donors (Lipinski definition) is 1. The lowest BCUT2D eigenvalue weighted by molar-refractivity contribution is -0.131. The monoisotopic (exact) mass is 278 g/mol. The van der Waals surface area contributed by atoms with E-state index in [0.29, 0.717) is 31.0 Å². The summed E-state index contributed by atoms with van der Waals surface area (Å²) < 4.78 is 13.4. The van der Waals surface area contributed by atoms with Crippen LogP contribution < -0.4 is 5.32 Å². The van der Waals surface area contributed by atoms with Gasteiger partial charge in [0, 0.05) is 13.1 Å². The van der Waals surface area contributed by atoms with E-state index in [4.69, 9.17) is 0 Å². The fraction of sp³-hybridized carbons (Fsp3) is 0.562. The summed E-state index contributed by atoms with van der Waals surface area (Å²) in [7, 11) is 0. The van der Waals surface area contributed by atoms with Gasteiger partial charge in [-0.1, -0.05) is 25.1 Å². The van der Waals surface area contributed by atoms with Crippen LogP contribution in [0.5, 0.6) is 0 Å². The molecule has 1 aliphatic rings. The maximum absolute atomic E-state index is 13.4. The van der Waals surface area contributed by atoms with Gasteiger partial charge in [-0.25, -0.2) is 4.39 Å². The second-order valence-corrected chi connectivity index (χ2v) is 5.61. The van der Waals surface area contributed by atoms with Crippen LogP contribution in [0, 0.1) is 11.7 Å². The molecule has 4 heteroatoms.